The largest absolute Gasteiger partial charge is 0.390 e. The summed E-state index contributed by atoms with van der Waals surface area (Å²) in [6.07, 6.45) is 0.789. The van der Waals surface area contributed by atoms with Crippen LogP contribution in [0.25, 0.3) is 20.2 Å². The summed E-state index contributed by atoms with van der Waals surface area (Å²) in [7, 11) is 0. The van der Waals surface area contributed by atoms with Crippen LogP contribution in [0.2, 0.25) is 0 Å². The molecule has 4 rings (SSSR count). The van der Waals surface area contributed by atoms with Gasteiger partial charge in [0.05, 0.1) is 12.3 Å². The maximum Gasteiger partial charge on any atom is 0.0817 e. The van der Waals surface area contributed by atoms with Gasteiger partial charge in [-0.2, -0.15) is 0 Å². The van der Waals surface area contributed by atoms with E-state index >= 15 is 0 Å². The molecule has 2 aromatic carbocycles. The fourth-order valence-corrected chi connectivity index (χ4v) is 4.17. The summed E-state index contributed by atoms with van der Waals surface area (Å²) < 4.78 is 2.66. The predicted molar refractivity (Wildman–Crippen MR) is 82.0 cm³/mol. The summed E-state index contributed by atoms with van der Waals surface area (Å²) in [5, 5.41) is 11.9. The van der Waals surface area contributed by atoms with Crippen LogP contribution in [0.5, 0.6) is 0 Å². The monoisotopic (exact) mass is 267 g/mol. The van der Waals surface area contributed by atoms with Crippen molar-refractivity contribution in [2.45, 2.75) is 13.3 Å². The van der Waals surface area contributed by atoms with Gasteiger partial charge in [-0.15, -0.1) is 11.3 Å². The lowest BCUT2D eigenvalue weighted by Gasteiger charge is -2.04. The second kappa shape index (κ2) is 3.89. The Morgan fingerprint density at radius 2 is 2.11 bits per heavy atom. The van der Waals surface area contributed by atoms with Gasteiger partial charge in [-0.25, -0.2) is 0 Å². The Hall–Kier alpha value is -1.71. The van der Waals surface area contributed by atoms with Gasteiger partial charge in [0.1, 0.15) is 0 Å². The average Bonchev–Trinajstić information content (AvgIpc) is 2.99. The zero-order valence-corrected chi connectivity index (χ0v) is 11.4. The molecule has 0 bridgehead atoms. The molecule has 0 spiro atoms. The molecule has 2 nitrogen and oxygen atoms in total. The Bertz CT molecular complexity index is 845. The highest BCUT2D eigenvalue weighted by molar-refractivity contribution is 7.25. The number of aliphatic hydroxyl groups is 1. The molecule has 0 saturated heterocycles. The average molecular weight is 267 g/mol. The Kier molecular flexibility index (Phi) is 2.28. The predicted octanol–water partition coefficient (Wildman–Crippen LogP) is 3.98. The van der Waals surface area contributed by atoms with E-state index in [0.29, 0.717) is 0 Å². The van der Waals surface area contributed by atoms with Crippen molar-refractivity contribution >= 4 is 42.9 Å². The van der Waals surface area contributed by atoms with Crippen LogP contribution in [0.15, 0.2) is 35.3 Å². The van der Waals surface area contributed by atoms with E-state index in [-0.39, 0.29) is 6.61 Å². The summed E-state index contributed by atoms with van der Waals surface area (Å²) in [5.74, 6) is 0. The van der Waals surface area contributed by atoms with E-state index in [1.807, 2.05) is 11.3 Å². The van der Waals surface area contributed by atoms with Crippen LogP contribution < -0.4 is 0 Å². The molecule has 3 heteroatoms. The van der Waals surface area contributed by atoms with E-state index in [1.54, 1.807) is 0 Å². The molecule has 0 unspecified atom stereocenters. The molecular weight excluding hydrogens is 254 g/mol. The third kappa shape index (κ3) is 1.49. The van der Waals surface area contributed by atoms with Crippen molar-refractivity contribution in [3.8, 4) is 0 Å². The van der Waals surface area contributed by atoms with Crippen LogP contribution in [0.3, 0.4) is 0 Å². The number of nitrogens with zero attached hydrogens (tertiary/aromatic N) is 1. The molecule has 1 N–H and O–H groups in total. The summed E-state index contributed by atoms with van der Waals surface area (Å²) in [5.41, 5.74) is 4.44. The molecule has 0 atom stereocenters. The van der Waals surface area contributed by atoms with Gasteiger partial charge in [0.25, 0.3) is 0 Å². The number of thiophene rings is 1. The standard InChI is InChI=1S/C16H13NOS/c1-9-15-12-4-2-3-5-13(12)19-14(15)7-10-6-11(8-18)17-16(9)10/h2-5,7,18H,6,8H2,1H3. The Labute approximate surface area is 115 Å². The molecule has 0 saturated carbocycles. The van der Waals surface area contributed by atoms with Crippen molar-refractivity contribution in [1.82, 2.24) is 0 Å². The molecule has 1 aromatic heterocycles. The van der Waals surface area contributed by atoms with Crippen molar-refractivity contribution in [2.75, 3.05) is 6.61 Å². The SMILES string of the molecule is Cc1c2c(cc3sc4ccccc4c13)CC(CO)=N2. The smallest absolute Gasteiger partial charge is 0.0817 e. The lowest BCUT2D eigenvalue weighted by atomic mass is 10.0. The zero-order valence-electron chi connectivity index (χ0n) is 10.6. The normalized spacial score (nSPS) is 14.1. The molecule has 1 aliphatic rings. The second-order valence-electron chi connectivity index (χ2n) is 4.99. The number of aliphatic imine (C=N–C) groups is 1. The molecule has 3 aromatic rings. The van der Waals surface area contributed by atoms with Crippen LogP contribution >= 0.6 is 11.3 Å². The number of hydrogen-bond donors (Lipinski definition) is 1. The maximum atomic E-state index is 9.26. The van der Waals surface area contributed by atoms with Crippen LogP contribution in [-0.4, -0.2) is 17.4 Å². The van der Waals surface area contributed by atoms with Crippen LogP contribution in [0, 0.1) is 6.92 Å². The minimum absolute atomic E-state index is 0.0581. The van der Waals surface area contributed by atoms with Crippen LogP contribution in [0.1, 0.15) is 11.1 Å². The highest BCUT2D eigenvalue weighted by Gasteiger charge is 2.20. The van der Waals surface area contributed by atoms with Gasteiger partial charge in [-0.3, -0.25) is 4.99 Å². The topological polar surface area (TPSA) is 32.6 Å². The molecule has 19 heavy (non-hydrogen) atoms. The summed E-state index contributed by atoms with van der Waals surface area (Å²) in [6.45, 7) is 2.20. The van der Waals surface area contributed by atoms with E-state index in [0.717, 1.165) is 17.8 Å². The molecular formula is C16H13NOS. The van der Waals surface area contributed by atoms with E-state index in [9.17, 15) is 5.11 Å². The first-order valence-corrected chi connectivity index (χ1v) is 7.20. The van der Waals surface area contributed by atoms with Gasteiger partial charge >= 0.3 is 0 Å². The lowest BCUT2D eigenvalue weighted by Crippen LogP contribution is -2.02. The van der Waals surface area contributed by atoms with Crippen LogP contribution in [0.4, 0.5) is 5.69 Å². The fourth-order valence-electron chi connectivity index (χ4n) is 2.94. The minimum atomic E-state index is 0.0581. The van der Waals surface area contributed by atoms with E-state index in [2.05, 4.69) is 42.2 Å². The Balaban J connectivity index is 2.13. The van der Waals surface area contributed by atoms with Gasteiger partial charge in [-0.1, -0.05) is 18.2 Å². The Morgan fingerprint density at radius 1 is 1.26 bits per heavy atom. The fraction of sp³-hybridized carbons (Fsp3) is 0.188. The minimum Gasteiger partial charge on any atom is -0.390 e. The highest BCUT2D eigenvalue weighted by Crippen LogP contribution is 2.42. The molecule has 0 aliphatic carbocycles. The number of rotatable bonds is 1. The molecule has 0 radical (unpaired) electrons. The first-order chi connectivity index (χ1) is 9.28. The van der Waals surface area contributed by atoms with Gasteiger partial charge in [0.15, 0.2) is 0 Å². The molecule has 94 valence electrons. The van der Waals surface area contributed by atoms with E-state index in [1.165, 1.54) is 31.3 Å². The summed E-state index contributed by atoms with van der Waals surface area (Å²) in [4.78, 5) is 4.58. The molecule has 2 heterocycles. The number of aryl methyl sites for hydroxylation is 1. The van der Waals surface area contributed by atoms with Crippen molar-refractivity contribution in [1.29, 1.82) is 0 Å². The third-order valence-electron chi connectivity index (χ3n) is 3.81. The third-order valence-corrected chi connectivity index (χ3v) is 4.93. The quantitative estimate of drug-likeness (QED) is 0.710. The Morgan fingerprint density at radius 3 is 2.95 bits per heavy atom. The van der Waals surface area contributed by atoms with Gasteiger partial charge in [-0.05, 0) is 30.2 Å². The highest BCUT2D eigenvalue weighted by atomic mass is 32.1. The summed E-state index contributed by atoms with van der Waals surface area (Å²) >= 11 is 1.84. The molecule has 0 amide bonds. The van der Waals surface area contributed by atoms with Crippen molar-refractivity contribution in [3.63, 3.8) is 0 Å². The maximum absolute atomic E-state index is 9.26. The number of aliphatic hydroxyl groups excluding tert-OH is 1. The number of benzene rings is 2. The first kappa shape index (κ1) is 11.1. The molecule has 0 fully saturated rings. The lowest BCUT2D eigenvalue weighted by molar-refractivity contribution is 0.356. The van der Waals surface area contributed by atoms with Gasteiger partial charge < -0.3 is 5.11 Å². The van der Waals surface area contributed by atoms with Crippen LogP contribution in [-0.2, 0) is 6.42 Å². The van der Waals surface area contributed by atoms with E-state index < -0.39 is 0 Å². The zero-order chi connectivity index (χ0) is 13.0. The second-order valence-corrected chi connectivity index (χ2v) is 6.08. The van der Waals surface area contributed by atoms with Crippen molar-refractivity contribution in [3.05, 3.63) is 41.5 Å². The van der Waals surface area contributed by atoms with Gasteiger partial charge in [0.2, 0.25) is 0 Å². The van der Waals surface area contributed by atoms with E-state index in [4.69, 9.17) is 0 Å². The number of hydrogen-bond acceptors (Lipinski definition) is 3. The molecule has 1 aliphatic heterocycles. The first-order valence-electron chi connectivity index (χ1n) is 6.39. The van der Waals surface area contributed by atoms with Gasteiger partial charge in [0, 0.05) is 32.3 Å². The van der Waals surface area contributed by atoms with Crippen molar-refractivity contribution < 1.29 is 5.11 Å². The number of fused-ring (bicyclic) bond motifs is 4. The van der Waals surface area contributed by atoms with Crippen molar-refractivity contribution in [2.24, 2.45) is 4.99 Å². The summed E-state index contributed by atoms with van der Waals surface area (Å²) in [6, 6.07) is 10.8.